The second-order valence-corrected chi connectivity index (χ2v) is 5.97. The van der Waals surface area contributed by atoms with Crippen molar-refractivity contribution in [2.24, 2.45) is 0 Å². The molecule has 0 radical (unpaired) electrons. The first-order chi connectivity index (χ1) is 11.7. The van der Waals surface area contributed by atoms with E-state index in [-0.39, 0.29) is 24.0 Å². The molecule has 5 nitrogen and oxygen atoms in total. The number of piperidine rings is 1. The number of nitrogens with zero attached hydrogens (tertiary/aromatic N) is 1. The number of nitrogens with one attached hydrogen (secondary N) is 1. The van der Waals surface area contributed by atoms with Crippen LogP contribution >= 0.6 is 0 Å². The van der Waals surface area contributed by atoms with E-state index in [0.717, 1.165) is 18.4 Å². The van der Waals surface area contributed by atoms with Gasteiger partial charge in [-0.3, -0.25) is 9.59 Å². The molecule has 2 atom stereocenters. The highest BCUT2D eigenvalue weighted by atomic mass is 16.5. The summed E-state index contributed by atoms with van der Waals surface area (Å²) in [6, 6.07) is 9.69. The molecule has 24 heavy (non-hydrogen) atoms. The van der Waals surface area contributed by atoms with E-state index in [4.69, 9.17) is 4.74 Å². The summed E-state index contributed by atoms with van der Waals surface area (Å²) in [4.78, 5) is 26.1. The van der Waals surface area contributed by atoms with Crippen LogP contribution < -0.4 is 5.32 Å². The monoisotopic (exact) mass is 330 g/mol. The third-order valence-corrected chi connectivity index (χ3v) is 4.47. The Morgan fingerprint density at radius 3 is 2.75 bits per heavy atom. The van der Waals surface area contributed by atoms with Crippen LogP contribution in [0.15, 0.2) is 36.4 Å². The van der Waals surface area contributed by atoms with E-state index in [0.29, 0.717) is 19.4 Å². The molecule has 1 heterocycles. The fourth-order valence-electron chi connectivity index (χ4n) is 3.14. The molecule has 0 saturated carbocycles. The van der Waals surface area contributed by atoms with Gasteiger partial charge in [-0.15, -0.1) is 0 Å². The van der Waals surface area contributed by atoms with Gasteiger partial charge in [0.25, 0.3) is 0 Å². The van der Waals surface area contributed by atoms with Crippen molar-refractivity contribution in [2.75, 3.05) is 20.7 Å². The zero-order chi connectivity index (χ0) is 17.4. The molecule has 2 rings (SSSR count). The minimum atomic E-state index is -0.0611. The molecule has 0 spiro atoms. The number of amides is 2. The van der Waals surface area contributed by atoms with Crippen LogP contribution in [0.25, 0.3) is 6.08 Å². The SMILES string of the molecule is CNC(=O)CC[C@H]1[C@@H](OC)CCCN1C(=O)/C=C/c1ccccc1. The summed E-state index contributed by atoms with van der Waals surface area (Å²) in [6.45, 7) is 0.705. The Bertz CT molecular complexity index is 571. The highest BCUT2D eigenvalue weighted by Crippen LogP contribution is 2.24. The van der Waals surface area contributed by atoms with Crippen molar-refractivity contribution in [3.05, 3.63) is 42.0 Å². The largest absolute Gasteiger partial charge is 0.379 e. The number of hydrogen-bond donors (Lipinski definition) is 1. The number of carbonyl (C=O) groups excluding carboxylic acids is 2. The fourth-order valence-corrected chi connectivity index (χ4v) is 3.14. The van der Waals surface area contributed by atoms with Gasteiger partial charge >= 0.3 is 0 Å². The van der Waals surface area contributed by atoms with Crippen molar-refractivity contribution in [1.29, 1.82) is 0 Å². The zero-order valence-corrected chi connectivity index (χ0v) is 14.4. The Labute approximate surface area is 143 Å². The first-order valence-electron chi connectivity index (χ1n) is 8.42. The van der Waals surface area contributed by atoms with Crippen LogP contribution in [-0.2, 0) is 14.3 Å². The molecule has 1 fully saturated rings. The van der Waals surface area contributed by atoms with E-state index < -0.39 is 0 Å². The van der Waals surface area contributed by atoms with Gasteiger partial charge in [0.2, 0.25) is 11.8 Å². The van der Waals surface area contributed by atoms with Gasteiger partial charge in [-0.2, -0.15) is 0 Å². The van der Waals surface area contributed by atoms with E-state index in [1.807, 2.05) is 41.3 Å². The van der Waals surface area contributed by atoms with Gasteiger partial charge in [-0.1, -0.05) is 30.3 Å². The quantitative estimate of drug-likeness (QED) is 0.814. The van der Waals surface area contributed by atoms with Crippen LogP contribution in [0.4, 0.5) is 0 Å². The van der Waals surface area contributed by atoms with E-state index in [1.54, 1.807) is 20.2 Å². The molecule has 2 amide bonds. The lowest BCUT2D eigenvalue weighted by Crippen LogP contribution is -2.51. The van der Waals surface area contributed by atoms with Crippen molar-refractivity contribution in [3.63, 3.8) is 0 Å². The highest BCUT2D eigenvalue weighted by molar-refractivity contribution is 5.92. The van der Waals surface area contributed by atoms with Gasteiger partial charge < -0.3 is 15.0 Å². The smallest absolute Gasteiger partial charge is 0.246 e. The van der Waals surface area contributed by atoms with Crippen LogP contribution in [0.3, 0.4) is 0 Å². The summed E-state index contributed by atoms with van der Waals surface area (Å²) >= 11 is 0. The number of rotatable bonds is 6. The Balaban J connectivity index is 2.06. The molecule has 130 valence electrons. The lowest BCUT2D eigenvalue weighted by atomic mass is 9.94. The van der Waals surface area contributed by atoms with Gasteiger partial charge in [0.15, 0.2) is 0 Å². The van der Waals surface area contributed by atoms with Crippen LogP contribution in [0, 0.1) is 0 Å². The van der Waals surface area contributed by atoms with Gasteiger partial charge in [0.1, 0.15) is 0 Å². The lowest BCUT2D eigenvalue weighted by molar-refractivity contribution is -0.135. The van der Waals surface area contributed by atoms with E-state index in [2.05, 4.69) is 5.32 Å². The maximum absolute atomic E-state index is 12.6. The highest BCUT2D eigenvalue weighted by Gasteiger charge is 2.33. The predicted octanol–water partition coefficient (Wildman–Crippen LogP) is 2.23. The molecule has 1 aromatic rings. The molecule has 1 N–H and O–H groups in total. The first kappa shape index (κ1) is 18.2. The van der Waals surface area contributed by atoms with Crippen LogP contribution in [0.5, 0.6) is 0 Å². The average Bonchev–Trinajstić information content (AvgIpc) is 2.64. The second kappa shape index (κ2) is 9.23. The third-order valence-electron chi connectivity index (χ3n) is 4.47. The summed E-state index contributed by atoms with van der Waals surface area (Å²) in [7, 11) is 3.30. The number of hydrogen-bond acceptors (Lipinski definition) is 3. The lowest BCUT2D eigenvalue weighted by Gasteiger charge is -2.40. The molecular weight excluding hydrogens is 304 g/mol. The van der Waals surface area contributed by atoms with Crippen LogP contribution in [0.1, 0.15) is 31.2 Å². The normalized spacial score (nSPS) is 21.0. The van der Waals surface area contributed by atoms with E-state index >= 15 is 0 Å². The maximum Gasteiger partial charge on any atom is 0.246 e. The molecule has 0 bridgehead atoms. The average molecular weight is 330 g/mol. The van der Waals surface area contributed by atoms with Crippen molar-refractivity contribution in [2.45, 2.75) is 37.8 Å². The molecule has 1 aromatic carbocycles. The number of methoxy groups -OCH3 is 1. The standard InChI is InChI=1S/C19H26N2O3/c1-20-18(22)12-11-16-17(24-2)9-6-14-21(16)19(23)13-10-15-7-4-3-5-8-15/h3-5,7-8,10,13,16-17H,6,9,11-12,14H2,1-2H3,(H,20,22)/b13-10+/t16-,17-/m0/s1. The molecular formula is C19H26N2O3. The Morgan fingerprint density at radius 2 is 2.08 bits per heavy atom. The predicted molar refractivity (Wildman–Crippen MR) is 94.3 cm³/mol. The summed E-state index contributed by atoms with van der Waals surface area (Å²) in [6.07, 6.45) is 6.27. The molecule has 0 aliphatic carbocycles. The molecule has 0 unspecified atom stereocenters. The van der Waals surface area contributed by atoms with Gasteiger partial charge in [-0.05, 0) is 30.9 Å². The summed E-state index contributed by atoms with van der Waals surface area (Å²) in [5.41, 5.74) is 0.994. The maximum atomic E-state index is 12.6. The molecule has 1 saturated heterocycles. The van der Waals surface area contributed by atoms with E-state index in [1.165, 1.54) is 0 Å². The Hall–Kier alpha value is -2.14. The Morgan fingerprint density at radius 1 is 1.33 bits per heavy atom. The topological polar surface area (TPSA) is 58.6 Å². The molecule has 1 aliphatic heterocycles. The van der Waals surface area contributed by atoms with Crippen LogP contribution in [-0.4, -0.2) is 49.6 Å². The minimum absolute atomic E-state index is 0.0114. The molecule has 5 heteroatoms. The van der Waals surface area contributed by atoms with Crippen molar-refractivity contribution in [1.82, 2.24) is 10.2 Å². The fraction of sp³-hybridized carbons (Fsp3) is 0.474. The summed E-state index contributed by atoms with van der Waals surface area (Å²) in [5, 5.41) is 2.63. The van der Waals surface area contributed by atoms with E-state index in [9.17, 15) is 9.59 Å². The summed E-state index contributed by atoms with van der Waals surface area (Å²) in [5.74, 6) is -0.0369. The van der Waals surface area contributed by atoms with Crippen molar-refractivity contribution in [3.8, 4) is 0 Å². The molecule has 1 aliphatic rings. The molecule has 0 aromatic heterocycles. The first-order valence-corrected chi connectivity index (χ1v) is 8.42. The number of benzene rings is 1. The van der Waals surface area contributed by atoms with Crippen molar-refractivity contribution < 1.29 is 14.3 Å². The Kier molecular flexibility index (Phi) is 7.00. The number of ether oxygens (including phenoxy) is 1. The number of likely N-dealkylation sites (tertiary alicyclic amines) is 1. The second-order valence-electron chi connectivity index (χ2n) is 5.97. The van der Waals surface area contributed by atoms with Gasteiger partial charge in [0, 0.05) is 33.2 Å². The minimum Gasteiger partial charge on any atom is -0.379 e. The third kappa shape index (κ3) is 4.93. The summed E-state index contributed by atoms with van der Waals surface area (Å²) < 4.78 is 5.56. The number of carbonyl (C=O) groups is 2. The van der Waals surface area contributed by atoms with Crippen molar-refractivity contribution >= 4 is 17.9 Å². The van der Waals surface area contributed by atoms with Gasteiger partial charge in [0.05, 0.1) is 12.1 Å². The van der Waals surface area contributed by atoms with Crippen LogP contribution in [0.2, 0.25) is 0 Å². The van der Waals surface area contributed by atoms with Gasteiger partial charge in [-0.25, -0.2) is 0 Å². The zero-order valence-electron chi connectivity index (χ0n) is 14.4.